The maximum atomic E-state index is 11.7. The van der Waals surface area contributed by atoms with Crippen LogP contribution in [0.5, 0.6) is 0 Å². The van der Waals surface area contributed by atoms with Gasteiger partial charge in [-0.1, -0.05) is 26.1 Å². The van der Waals surface area contributed by atoms with Crippen LogP contribution in [0, 0.1) is 0 Å². The fraction of sp³-hybridized carbons (Fsp3) is 0.778. The first-order valence-electron chi connectivity index (χ1n) is 5.51. The molecule has 0 saturated carbocycles. The molecule has 0 saturated heterocycles. The van der Waals surface area contributed by atoms with E-state index in [0.29, 0.717) is 12.8 Å². The molecule has 0 atom stereocenters. The van der Waals surface area contributed by atoms with Gasteiger partial charge in [0.1, 0.15) is 0 Å². The van der Waals surface area contributed by atoms with Crippen molar-refractivity contribution in [3.05, 3.63) is 0 Å². The van der Waals surface area contributed by atoms with E-state index in [2.05, 4.69) is 9.46 Å². The summed E-state index contributed by atoms with van der Waals surface area (Å²) in [5.41, 5.74) is 4.50. The van der Waals surface area contributed by atoms with E-state index in [0.717, 1.165) is 0 Å². The van der Waals surface area contributed by atoms with Crippen LogP contribution in [0.2, 0.25) is 0 Å². The number of ether oxygens (including phenoxy) is 1. The summed E-state index contributed by atoms with van der Waals surface area (Å²) < 4.78 is 31.9. The van der Waals surface area contributed by atoms with Gasteiger partial charge in [-0.05, 0) is 19.8 Å². The second kappa shape index (κ2) is 6.86. The molecule has 106 valence electrons. The molecule has 0 aromatic carbocycles. The Labute approximate surface area is 113 Å². The molecule has 0 bridgehead atoms. The summed E-state index contributed by atoms with van der Waals surface area (Å²) in [6, 6.07) is 0. The molecule has 18 heavy (non-hydrogen) atoms. The predicted octanol–water partition coefficient (Wildman–Crippen LogP) is 0.412. The van der Waals surface area contributed by atoms with E-state index in [9.17, 15) is 13.2 Å². The third-order valence-electron chi connectivity index (χ3n) is 2.50. The van der Waals surface area contributed by atoms with E-state index in [4.69, 9.17) is 18.0 Å². The standard InChI is InChI=1S/C9H19N3O4S2/c1-4-9(5-2,7(10)17)12-18(14,15)11-8(13)16-6-3/h12H,4-6H2,1-3H3,(H2,10,17)(H,11,13). The highest BCUT2D eigenvalue weighted by atomic mass is 32.2. The van der Waals surface area contributed by atoms with Gasteiger partial charge in [-0.3, -0.25) is 0 Å². The highest BCUT2D eigenvalue weighted by molar-refractivity contribution is 7.88. The first-order valence-corrected chi connectivity index (χ1v) is 7.40. The molecule has 0 aromatic rings. The fourth-order valence-corrected chi connectivity index (χ4v) is 2.99. The molecule has 0 aliphatic heterocycles. The van der Waals surface area contributed by atoms with Crippen LogP contribution in [0.1, 0.15) is 33.6 Å². The minimum absolute atomic E-state index is 0.0294. The predicted molar refractivity (Wildman–Crippen MR) is 72.3 cm³/mol. The van der Waals surface area contributed by atoms with Crippen molar-refractivity contribution in [3.63, 3.8) is 0 Å². The van der Waals surface area contributed by atoms with Crippen LogP contribution in [0.4, 0.5) is 4.79 Å². The molecule has 0 aromatic heterocycles. The third-order valence-corrected chi connectivity index (χ3v) is 3.99. The van der Waals surface area contributed by atoms with Crippen LogP contribution in [-0.4, -0.2) is 31.6 Å². The Morgan fingerprint density at radius 1 is 1.33 bits per heavy atom. The minimum Gasteiger partial charge on any atom is -0.449 e. The van der Waals surface area contributed by atoms with Gasteiger partial charge in [-0.25, -0.2) is 9.52 Å². The molecule has 0 rings (SSSR count). The van der Waals surface area contributed by atoms with Crippen molar-refractivity contribution in [1.82, 2.24) is 9.44 Å². The summed E-state index contributed by atoms with van der Waals surface area (Å²) in [5, 5.41) is 0. The molecule has 0 radical (unpaired) electrons. The smallest absolute Gasteiger partial charge is 0.421 e. The normalized spacial score (nSPS) is 11.9. The number of thiocarbonyl (C=S) groups is 1. The number of hydrogen-bond acceptors (Lipinski definition) is 5. The molecule has 9 heteroatoms. The van der Waals surface area contributed by atoms with Crippen LogP contribution >= 0.6 is 12.2 Å². The molecule has 0 fully saturated rings. The van der Waals surface area contributed by atoms with E-state index in [1.165, 1.54) is 0 Å². The second-order valence-electron chi connectivity index (χ2n) is 3.58. The van der Waals surface area contributed by atoms with Gasteiger partial charge < -0.3 is 10.5 Å². The SMILES string of the molecule is CCOC(=O)NS(=O)(=O)NC(CC)(CC)C(N)=S. The van der Waals surface area contributed by atoms with Gasteiger partial charge in [0, 0.05) is 0 Å². The molecule has 0 spiro atoms. The number of hydrogen-bond donors (Lipinski definition) is 3. The van der Waals surface area contributed by atoms with Gasteiger partial charge in [0.15, 0.2) is 0 Å². The summed E-state index contributed by atoms with van der Waals surface area (Å²) in [6.45, 7) is 5.13. The Morgan fingerprint density at radius 3 is 2.17 bits per heavy atom. The second-order valence-corrected chi connectivity index (χ2v) is 5.44. The lowest BCUT2D eigenvalue weighted by atomic mass is 9.94. The van der Waals surface area contributed by atoms with Crippen molar-refractivity contribution in [3.8, 4) is 0 Å². The van der Waals surface area contributed by atoms with Gasteiger partial charge in [0.05, 0.1) is 17.1 Å². The van der Waals surface area contributed by atoms with Gasteiger partial charge >= 0.3 is 16.3 Å². The number of carbonyl (C=O) groups is 1. The molecule has 0 heterocycles. The molecule has 0 unspecified atom stereocenters. The summed E-state index contributed by atoms with van der Waals surface area (Å²) in [5.74, 6) is 0. The summed E-state index contributed by atoms with van der Waals surface area (Å²) in [6.07, 6.45) is -0.292. The molecule has 0 aliphatic carbocycles. The Kier molecular flexibility index (Phi) is 6.50. The van der Waals surface area contributed by atoms with Crippen LogP contribution in [0.25, 0.3) is 0 Å². The number of amides is 1. The molecule has 4 N–H and O–H groups in total. The van der Waals surface area contributed by atoms with E-state index in [1.807, 2.05) is 0 Å². The monoisotopic (exact) mass is 297 g/mol. The van der Waals surface area contributed by atoms with E-state index < -0.39 is 21.8 Å². The van der Waals surface area contributed by atoms with Gasteiger partial charge in [0.2, 0.25) is 0 Å². The Morgan fingerprint density at radius 2 is 1.83 bits per heavy atom. The van der Waals surface area contributed by atoms with Crippen molar-refractivity contribution in [2.45, 2.75) is 39.2 Å². The molecule has 1 amide bonds. The summed E-state index contributed by atoms with van der Waals surface area (Å²) in [4.78, 5) is 11.1. The molecular weight excluding hydrogens is 278 g/mol. The van der Waals surface area contributed by atoms with Crippen molar-refractivity contribution < 1.29 is 17.9 Å². The minimum atomic E-state index is -4.07. The summed E-state index contributed by atoms with van der Waals surface area (Å²) >= 11 is 4.87. The maximum absolute atomic E-state index is 11.7. The van der Waals surface area contributed by atoms with Crippen molar-refractivity contribution in [2.75, 3.05) is 6.61 Å². The molecule has 0 aliphatic rings. The van der Waals surface area contributed by atoms with Crippen LogP contribution in [-0.2, 0) is 14.9 Å². The summed E-state index contributed by atoms with van der Waals surface area (Å²) in [7, 11) is -4.07. The Hall–Kier alpha value is -0.930. The number of nitrogens with one attached hydrogen (secondary N) is 2. The molecule has 7 nitrogen and oxygen atoms in total. The molecular formula is C9H19N3O4S2. The lowest BCUT2D eigenvalue weighted by Gasteiger charge is -2.30. The van der Waals surface area contributed by atoms with E-state index in [-0.39, 0.29) is 11.6 Å². The lowest BCUT2D eigenvalue weighted by molar-refractivity contribution is 0.158. The van der Waals surface area contributed by atoms with E-state index in [1.54, 1.807) is 25.5 Å². The van der Waals surface area contributed by atoms with Crippen molar-refractivity contribution in [1.29, 1.82) is 0 Å². The zero-order chi connectivity index (χ0) is 14.4. The van der Waals surface area contributed by atoms with Crippen LogP contribution in [0.3, 0.4) is 0 Å². The zero-order valence-corrected chi connectivity index (χ0v) is 12.3. The maximum Gasteiger partial charge on any atom is 0.421 e. The Bertz CT molecular complexity index is 404. The topological polar surface area (TPSA) is 111 Å². The highest BCUT2D eigenvalue weighted by Crippen LogP contribution is 2.16. The number of carbonyl (C=O) groups excluding carboxylic acids is 1. The average Bonchev–Trinajstić information content (AvgIpc) is 2.25. The lowest BCUT2D eigenvalue weighted by Crippen LogP contribution is -2.59. The first kappa shape index (κ1) is 17.1. The number of rotatable bonds is 7. The first-order chi connectivity index (χ1) is 8.23. The Balaban J connectivity index is 4.93. The average molecular weight is 297 g/mol. The largest absolute Gasteiger partial charge is 0.449 e. The van der Waals surface area contributed by atoms with Crippen LogP contribution in [0.15, 0.2) is 0 Å². The van der Waals surface area contributed by atoms with Gasteiger partial charge in [-0.2, -0.15) is 13.1 Å². The van der Waals surface area contributed by atoms with Crippen molar-refractivity contribution >= 4 is 33.5 Å². The highest BCUT2D eigenvalue weighted by Gasteiger charge is 2.35. The fourth-order valence-electron chi connectivity index (χ4n) is 1.35. The van der Waals surface area contributed by atoms with Crippen LogP contribution < -0.4 is 15.2 Å². The third kappa shape index (κ3) is 4.75. The van der Waals surface area contributed by atoms with Gasteiger partial charge in [-0.15, -0.1) is 0 Å². The van der Waals surface area contributed by atoms with E-state index >= 15 is 0 Å². The van der Waals surface area contributed by atoms with Gasteiger partial charge in [0.25, 0.3) is 0 Å². The quantitative estimate of drug-likeness (QED) is 0.587. The zero-order valence-electron chi connectivity index (χ0n) is 10.6. The number of nitrogens with two attached hydrogens (primary N) is 1. The van der Waals surface area contributed by atoms with Crippen molar-refractivity contribution in [2.24, 2.45) is 5.73 Å².